The summed E-state index contributed by atoms with van der Waals surface area (Å²) in [6, 6.07) is 4.07. The molecule has 0 saturated carbocycles. The van der Waals surface area contributed by atoms with E-state index < -0.39 is 0 Å². The lowest BCUT2D eigenvalue weighted by atomic mass is 10.1. The van der Waals surface area contributed by atoms with Crippen LogP contribution in [0.4, 0.5) is 5.69 Å². The second-order valence-electron chi connectivity index (χ2n) is 4.60. The zero-order valence-corrected chi connectivity index (χ0v) is 12.7. The molecule has 1 unspecified atom stereocenters. The van der Waals surface area contributed by atoms with Gasteiger partial charge in [-0.05, 0) is 19.2 Å². The van der Waals surface area contributed by atoms with Crippen molar-refractivity contribution in [1.29, 1.82) is 0 Å². The van der Waals surface area contributed by atoms with Gasteiger partial charge in [-0.25, -0.2) is 4.98 Å². The summed E-state index contributed by atoms with van der Waals surface area (Å²) in [5.74, 6) is 0.593. The molecule has 1 N–H and O–H groups in total. The van der Waals surface area contributed by atoms with Crippen LogP contribution in [-0.4, -0.2) is 67.7 Å². The van der Waals surface area contributed by atoms with E-state index in [1.807, 2.05) is 6.07 Å². The third-order valence-corrected chi connectivity index (χ3v) is 3.39. The van der Waals surface area contributed by atoms with Gasteiger partial charge in [0.15, 0.2) is 6.29 Å². The van der Waals surface area contributed by atoms with Crippen molar-refractivity contribution in [2.24, 2.45) is 0 Å². The lowest BCUT2D eigenvalue weighted by molar-refractivity contribution is 0.111. The molecule has 2 aliphatic heterocycles. The first-order valence-corrected chi connectivity index (χ1v) is 6.77. The van der Waals surface area contributed by atoms with Crippen LogP contribution in [0.2, 0.25) is 0 Å². The Morgan fingerprint density at radius 2 is 2.10 bits per heavy atom. The average molecular weight is 293 g/mol. The van der Waals surface area contributed by atoms with Crippen molar-refractivity contribution in [3.8, 4) is 5.88 Å². The van der Waals surface area contributed by atoms with Crippen molar-refractivity contribution in [3.63, 3.8) is 0 Å². The Morgan fingerprint density at radius 1 is 1.38 bits per heavy atom. The summed E-state index contributed by atoms with van der Waals surface area (Å²) in [6.07, 6.45) is 0.750. The molecule has 3 heterocycles. The van der Waals surface area contributed by atoms with Crippen LogP contribution in [0.15, 0.2) is 25.3 Å². The van der Waals surface area contributed by atoms with Gasteiger partial charge in [0.25, 0.3) is 0 Å². The number of rotatable bonds is 1. The Bertz CT molecular complexity index is 467. The minimum absolute atomic E-state index is 0.394. The molecule has 0 bridgehead atoms. The molecule has 1 fully saturated rings. The number of aliphatic hydroxyl groups is 1. The fourth-order valence-electron chi connectivity index (χ4n) is 2.48. The average Bonchev–Trinajstić information content (AvgIpc) is 2.57. The van der Waals surface area contributed by atoms with Crippen molar-refractivity contribution in [1.82, 2.24) is 9.88 Å². The van der Waals surface area contributed by atoms with Gasteiger partial charge in [-0.2, -0.15) is 0 Å². The van der Waals surface area contributed by atoms with E-state index in [1.165, 1.54) is 0 Å². The molecular formula is C15H23N3O3. The van der Waals surface area contributed by atoms with E-state index >= 15 is 0 Å². The Balaban J connectivity index is 0.000000510. The van der Waals surface area contributed by atoms with E-state index in [0.29, 0.717) is 24.2 Å². The molecule has 0 radical (unpaired) electrons. The molecule has 6 nitrogen and oxygen atoms in total. The standard InChI is InChI=1S/C12H15N3O2.C2H4.CH4O/c1-14-4-5-15-10(6-14)8-17-12-11(15)3-2-9(7-16)13-12;2*1-2/h2-3,7,10H,4-6,8H2,1H3;1-2H2;2H,1H3. The fourth-order valence-corrected chi connectivity index (χ4v) is 2.48. The van der Waals surface area contributed by atoms with Crippen LogP contribution in [0.5, 0.6) is 5.88 Å². The Labute approximate surface area is 125 Å². The number of anilines is 1. The molecule has 3 rings (SSSR count). The lowest BCUT2D eigenvalue weighted by Gasteiger charge is -2.44. The number of ether oxygens (including phenoxy) is 1. The predicted octanol–water partition coefficient (Wildman–Crippen LogP) is 0.818. The highest BCUT2D eigenvalue weighted by molar-refractivity contribution is 5.74. The van der Waals surface area contributed by atoms with Crippen LogP contribution in [0, 0.1) is 0 Å². The van der Waals surface area contributed by atoms with Crippen LogP contribution in [-0.2, 0) is 0 Å². The molecule has 0 amide bonds. The maximum Gasteiger partial charge on any atom is 0.238 e. The number of fused-ring (bicyclic) bond motifs is 3. The second kappa shape index (κ2) is 8.39. The van der Waals surface area contributed by atoms with E-state index in [2.05, 4.69) is 35.0 Å². The second-order valence-corrected chi connectivity index (χ2v) is 4.60. The highest BCUT2D eigenvalue weighted by Crippen LogP contribution is 2.33. The molecular weight excluding hydrogens is 270 g/mol. The van der Waals surface area contributed by atoms with Crippen LogP contribution >= 0.6 is 0 Å². The van der Waals surface area contributed by atoms with Crippen molar-refractivity contribution in [2.45, 2.75) is 6.04 Å². The maximum atomic E-state index is 10.7. The number of hydrogen-bond donors (Lipinski definition) is 1. The monoisotopic (exact) mass is 293 g/mol. The number of pyridine rings is 1. The van der Waals surface area contributed by atoms with E-state index in [4.69, 9.17) is 9.84 Å². The number of carbonyl (C=O) groups is 1. The highest BCUT2D eigenvalue weighted by atomic mass is 16.5. The smallest absolute Gasteiger partial charge is 0.238 e. The molecule has 0 aromatic carbocycles. The summed E-state index contributed by atoms with van der Waals surface area (Å²) in [4.78, 5) is 19.5. The Hall–Kier alpha value is -1.92. The Kier molecular flexibility index (Phi) is 6.84. The van der Waals surface area contributed by atoms with Crippen LogP contribution in [0.1, 0.15) is 10.5 Å². The van der Waals surface area contributed by atoms with Gasteiger partial charge >= 0.3 is 0 Å². The van der Waals surface area contributed by atoms with Gasteiger partial charge in [-0.1, -0.05) is 0 Å². The summed E-state index contributed by atoms with van der Waals surface area (Å²) >= 11 is 0. The molecule has 2 aliphatic rings. The maximum absolute atomic E-state index is 10.7. The summed E-state index contributed by atoms with van der Waals surface area (Å²) in [6.45, 7) is 9.69. The molecule has 1 atom stereocenters. The SMILES string of the molecule is C=C.CN1CCN2c3ccc(C=O)nc3OCC2C1.CO. The van der Waals surface area contributed by atoms with E-state index in [1.54, 1.807) is 6.07 Å². The molecule has 0 spiro atoms. The van der Waals surface area contributed by atoms with Crippen molar-refractivity contribution in [2.75, 3.05) is 45.3 Å². The van der Waals surface area contributed by atoms with Crippen molar-refractivity contribution < 1.29 is 14.6 Å². The lowest BCUT2D eigenvalue weighted by Crippen LogP contribution is -2.56. The first-order chi connectivity index (χ1) is 10.3. The normalized spacial score (nSPS) is 19.6. The summed E-state index contributed by atoms with van der Waals surface area (Å²) in [5, 5.41) is 7.00. The van der Waals surface area contributed by atoms with Gasteiger partial charge in [0.1, 0.15) is 18.0 Å². The van der Waals surface area contributed by atoms with Crippen LogP contribution in [0.25, 0.3) is 0 Å². The number of carbonyl (C=O) groups excluding carboxylic acids is 1. The molecule has 1 aromatic rings. The van der Waals surface area contributed by atoms with E-state index in [0.717, 1.165) is 38.7 Å². The number of aromatic nitrogens is 1. The molecule has 6 heteroatoms. The zero-order valence-electron chi connectivity index (χ0n) is 12.7. The van der Waals surface area contributed by atoms with Gasteiger partial charge in [0.05, 0.1) is 6.04 Å². The third kappa shape index (κ3) is 3.80. The third-order valence-electron chi connectivity index (χ3n) is 3.39. The topological polar surface area (TPSA) is 65.9 Å². The summed E-state index contributed by atoms with van der Waals surface area (Å²) in [7, 11) is 3.13. The quantitative estimate of drug-likeness (QED) is 0.611. The number of aldehydes is 1. The molecule has 1 saturated heterocycles. The van der Waals surface area contributed by atoms with E-state index in [-0.39, 0.29) is 0 Å². The molecule has 1 aromatic heterocycles. The van der Waals surface area contributed by atoms with Crippen molar-refractivity contribution >= 4 is 12.0 Å². The van der Waals surface area contributed by atoms with Crippen molar-refractivity contribution in [3.05, 3.63) is 31.0 Å². The molecule has 0 aliphatic carbocycles. The van der Waals surface area contributed by atoms with Gasteiger partial charge in [0, 0.05) is 26.7 Å². The van der Waals surface area contributed by atoms with Crippen LogP contribution in [0.3, 0.4) is 0 Å². The summed E-state index contributed by atoms with van der Waals surface area (Å²) < 4.78 is 5.65. The predicted molar refractivity (Wildman–Crippen MR) is 83.1 cm³/mol. The first kappa shape index (κ1) is 17.1. The van der Waals surface area contributed by atoms with Gasteiger partial charge in [0.2, 0.25) is 5.88 Å². The number of piperazine rings is 1. The van der Waals surface area contributed by atoms with Gasteiger partial charge < -0.3 is 19.6 Å². The van der Waals surface area contributed by atoms with Gasteiger partial charge in [-0.15, -0.1) is 13.2 Å². The Morgan fingerprint density at radius 3 is 2.76 bits per heavy atom. The minimum atomic E-state index is 0.394. The van der Waals surface area contributed by atoms with Crippen LogP contribution < -0.4 is 9.64 Å². The molecule has 21 heavy (non-hydrogen) atoms. The number of aliphatic hydroxyl groups excluding tert-OH is 1. The molecule has 116 valence electrons. The highest BCUT2D eigenvalue weighted by Gasteiger charge is 2.32. The number of hydrogen-bond acceptors (Lipinski definition) is 6. The van der Waals surface area contributed by atoms with Gasteiger partial charge in [-0.3, -0.25) is 4.79 Å². The minimum Gasteiger partial charge on any atom is -0.474 e. The first-order valence-electron chi connectivity index (χ1n) is 6.77. The van der Waals surface area contributed by atoms with E-state index in [9.17, 15) is 4.79 Å². The number of likely N-dealkylation sites (N-methyl/N-ethyl adjacent to an activating group) is 1. The fraction of sp³-hybridized carbons (Fsp3) is 0.467. The zero-order chi connectivity index (χ0) is 15.8. The largest absolute Gasteiger partial charge is 0.474 e. The number of nitrogens with zero attached hydrogens (tertiary/aromatic N) is 3. The summed E-state index contributed by atoms with van der Waals surface area (Å²) in [5.41, 5.74) is 1.44.